The van der Waals surface area contributed by atoms with E-state index in [-0.39, 0.29) is 29.1 Å². The highest BCUT2D eigenvalue weighted by molar-refractivity contribution is 6.32. The summed E-state index contributed by atoms with van der Waals surface area (Å²) < 4.78 is 21.9. The van der Waals surface area contributed by atoms with Crippen LogP contribution < -0.4 is 10.3 Å². The third-order valence-electron chi connectivity index (χ3n) is 5.17. The molecule has 8 nitrogen and oxygen atoms in total. The lowest BCUT2D eigenvalue weighted by Crippen LogP contribution is -2.23. The molecule has 0 aliphatic carbocycles. The second-order valence-electron chi connectivity index (χ2n) is 8.50. The van der Waals surface area contributed by atoms with E-state index in [1.165, 1.54) is 10.6 Å². The van der Waals surface area contributed by atoms with Gasteiger partial charge in [-0.2, -0.15) is 5.10 Å². The van der Waals surface area contributed by atoms with Gasteiger partial charge in [0.25, 0.3) is 5.56 Å². The van der Waals surface area contributed by atoms with E-state index in [0.717, 1.165) is 12.3 Å². The van der Waals surface area contributed by atoms with E-state index in [2.05, 4.69) is 21.7 Å². The number of aliphatic hydroxyl groups is 1. The van der Waals surface area contributed by atoms with Gasteiger partial charge in [0.1, 0.15) is 35.5 Å². The molecule has 0 unspecified atom stereocenters. The zero-order valence-electron chi connectivity index (χ0n) is 20.3. The lowest BCUT2D eigenvalue weighted by atomic mass is 10.1. The minimum absolute atomic E-state index is 0.0971. The quantitative estimate of drug-likeness (QED) is 0.303. The molecule has 0 atom stereocenters. The molecule has 3 heterocycles. The second kappa shape index (κ2) is 11.2. The molecule has 0 saturated heterocycles. The number of pyridine rings is 2. The third kappa shape index (κ3) is 6.29. The average molecular weight is 534 g/mol. The number of allylic oxidation sites excluding steroid dienone is 3. The number of ether oxygens (including phenoxy) is 1. The normalized spacial score (nSPS) is 12.7. The van der Waals surface area contributed by atoms with Crippen molar-refractivity contribution in [1.82, 2.24) is 19.3 Å². The lowest BCUT2D eigenvalue weighted by Gasteiger charge is -2.16. The molecule has 3 aromatic rings. The fourth-order valence-electron chi connectivity index (χ4n) is 3.30. The second-order valence-corrected chi connectivity index (χ2v) is 9.29. The van der Waals surface area contributed by atoms with Gasteiger partial charge in [-0.05, 0) is 51.5 Å². The third-order valence-corrected chi connectivity index (χ3v) is 5.84. The van der Waals surface area contributed by atoms with Crippen molar-refractivity contribution in [3.8, 4) is 5.75 Å². The average Bonchev–Trinajstić information content (AvgIpc) is 3.28. The van der Waals surface area contributed by atoms with Crippen molar-refractivity contribution in [2.45, 2.75) is 46.6 Å². The molecule has 0 spiro atoms. The maximum atomic E-state index is 13.2. The predicted octanol–water partition coefficient (Wildman–Crippen LogP) is 5.15. The Morgan fingerprint density at radius 3 is 2.69 bits per heavy atom. The molecule has 0 aliphatic rings. The van der Waals surface area contributed by atoms with Crippen LogP contribution in [0.3, 0.4) is 0 Å². The van der Waals surface area contributed by atoms with Crippen LogP contribution in [0.1, 0.15) is 37.9 Å². The fourth-order valence-corrected chi connectivity index (χ4v) is 3.71. The summed E-state index contributed by atoms with van der Waals surface area (Å²) in [5, 5.41) is 14.3. The smallest absolute Gasteiger partial charge is 0.277 e. The summed E-state index contributed by atoms with van der Waals surface area (Å²) in [5.74, 6) is -0.417. The van der Waals surface area contributed by atoms with Crippen molar-refractivity contribution in [1.29, 1.82) is 0 Å². The minimum Gasteiger partial charge on any atom is -0.485 e. The molecule has 0 aromatic carbocycles. The molecule has 190 valence electrons. The highest BCUT2D eigenvalue weighted by Crippen LogP contribution is 2.26. The zero-order chi connectivity index (χ0) is 26.6. The lowest BCUT2D eigenvalue weighted by molar-refractivity contribution is 0.0730. The van der Waals surface area contributed by atoms with E-state index < -0.39 is 17.0 Å². The Labute approximate surface area is 218 Å². The number of hydrogen-bond donors (Lipinski definition) is 1. The summed E-state index contributed by atoms with van der Waals surface area (Å²) in [4.78, 5) is 21.4. The Morgan fingerprint density at radius 1 is 1.36 bits per heavy atom. The number of aliphatic imine (C=N–C) groups is 1. The van der Waals surface area contributed by atoms with Crippen molar-refractivity contribution in [2.24, 2.45) is 4.99 Å². The maximum absolute atomic E-state index is 13.2. The molecule has 0 aliphatic heterocycles. The van der Waals surface area contributed by atoms with Gasteiger partial charge < -0.3 is 9.84 Å². The molecule has 1 N–H and O–H groups in total. The molecule has 36 heavy (non-hydrogen) atoms. The summed E-state index contributed by atoms with van der Waals surface area (Å²) in [7, 11) is 0. The van der Waals surface area contributed by atoms with Crippen molar-refractivity contribution in [3.05, 3.63) is 92.1 Å². The molecule has 0 amide bonds. The predicted molar refractivity (Wildman–Crippen MR) is 139 cm³/mol. The van der Waals surface area contributed by atoms with E-state index in [0.29, 0.717) is 28.4 Å². The van der Waals surface area contributed by atoms with Gasteiger partial charge in [0.2, 0.25) is 0 Å². The topological polar surface area (TPSA) is 94.5 Å². The van der Waals surface area contributed by atoms with Crippen LogP contribution in [0.15, 0.2) is 58.6 Å². The summed E-state index contributed by atoms with van der Waals surface area (Å²) >= 11 is 12.3. The summed E-state index contributed by atoms with van der Waals surface area (Å²) in [5.41, 5.74) is 0.996. The Balaban J connectivity index is 1.84. The molecular formula is C25H26Cl2FN5O3. The van der Waals surface area contributed by atoms with Gasteiger partial charge in [-0.15, -0.1) is 0 Å². The van der Waals surface area contributed by atoms with Gasteiger partial charge in [-0.1, -0.05) is 29.8 Å². The maximum Gasteiger partial charge on any atom is 0.277 e. The molecule has 3 rings (SSSR count). The first kappa shape index (κ1) is 27.3. The highest BCUT2D eigenvalue weighted by atomic mass is 35.5. The van der Waals surface area contributed by atoms with Crippen LogP contribution in [0.25, 0.3) is 5.70 Å². The SMILES string of the molecule is C=C/C(=C(/C)C=NCn1ccc(C(C)(C)O)n1)n1c(C)cc(OCc2ncc(F)cc2Cl)c(Cl)c1=O. The molecule has 0 saturated carbocycles. The first-order chi connectivity index (χ1) is 16.9. The van der Waals surface area contributed by atoms with E-state index in [1.807, 2.05) is 0 Å². The van der Waals surface area contributed by atoms with Crippen LogP contribution in [0.5, 0.6) is 5.75 Å². The van der Waals surface area contributed by atoms with Crippen molar-refractivity contribution >= 4 is 35.1 Å². The first-order valence-corrected chi connectivity index (χ1v) is 11.6. The summed E-state index contributed by atoms with van der Waals surface area (Å²) in [6.45, 7) is 10.8. The van der Waals surface area contributed by atoms with E-state index in [1.54, 1.807) is 56.9 Å². The van der Waals surface area contributed by atoms with Gasteiger partial charge in [0.15, 0.2) is 0 Å². The van der Waals surface area contributed by atoms with Gasteiger partial charge in [0.05, 0.1) is 28.3 Å². The number of rotatable bonds is 9. The molecule has 0 bridgehead atoms. The van der Waals surface area contributed by atoms with E-state index in [9.17, 15) is 14.3 Å². The van der Waals surface area contributed by atoms with Gasteiger partial charge in [-0.3, -0.25) is 24.0 Å². The van der Waals surface area contributed by atoms with Crippen molar-refractivity contribution < 1.29 is 14.2 Å². The number of nitrogens with zero attached hydrogens (tertiary/aromatic N) is 5. The van der Waals surface area contributed by atoms with Crippen LogP contribution in [0.2, 0.25) is 10.0 Å². The van der Waals surface area contributed by atoms with Crippen LogP contribution >= 0.6 is 23.2 Å². The standard InChI is InChI=1S/C25H26Cl2FN5O3/c1-6-20(15(2)11-29-14-32-8-7-22(31-32)25(4,5)35)33-16(3)9-21(23(27)24(33)34)36-13-19-18(26)10-17(28)12-30-19/h6-12,35H,1,13-14H2,2-5H3/b20-15+,29-11?. The molecule has 3 aromatic heterocycles. The molecule has 0 radical (unpaired) electrons. The fraction of sp³-hybridized carbons (Fsp3) is 0.280. The van der Waals surface area contributed by atoms with E-state index >= 15 is 0 Å². The van der Waals surface area contributed by atoms with Crippen LogP contribution in [0, 0.1) is 12.7 Å². The Hall–Kier alpha value is -3.27. The number of hydrogen-bond acceptors (Lipinski definition) is 6. The first-order valence-electron chi connectivity index (χ1n) is 10.9. The molecule has 0 fully saturated rings. The molecule has 11 heteroatoms. The monoisotopic (exact) mass is 533 g/mol. The van der Waals surface area contributed by atoms with Gasteiger partial charge >= 0.3 is 0 Å². The number of aryl methyl sites for hydroxylation is 1. The summed E-state index contributed by atoms with van der Waals surface area (Å²) in [6, 6.07) is 4.46. The van der Waals surface area contributed by atoms with Crippen molar-refractivity contribution in [3.63, 3.8) is 0 Å². The Kier molecular flexibility index (Phi) is 8.50. The minimum atomic E-state index is -1.05. The highest BCUT2D eigenvalue weighted by Gasteiger charge is 2.19. The van der Waals surface area contributed by atoms with E-state index in [4.69, 9.17) is 27.9 Å². The van der Waals surface area contributed by atoms with Crippen LogP contribution in [0.4, 0.5) is 4.39 Å². The van der Waals surface area contributed by atoms with Crippen molar-refractivity contribution in [2.75, 3.05) is 0 Å². The Bertz CT molecular complexity index is 1400. The summed E-state index contributed by atoms with van der Waals surface area (Å²) in [6.07, 6.45) is 5.89. The largest absolute Gasteiger partial charge is 0.485 e. The van der Waals surface area contributed by atoms with Gasteiger partial charge in [-0.25, -0.2) is 4.39 Å². The van der Waals surface area contributed by atoms with Gasteiger partial charge in [0, 0.05) is 24.2 Å². The Morgan fingerprint density at radius 2 is 2.08 bits per heavy atom. The zero-order valence-corrected chi connectivity index (χ0v) is 21.8. The number of aromatic nitrogens is 4. The molecular weight excluding hydrogens is 508 g/mol. The van der Waals surface area contributed by atoms with Crippen LogP contribution in [-0.2, 0) is 18.9 Å². The number of halogens is 3. The van der Waals surface area contributed by atoms with Crippen LogP contribution in [-0.4, -0.2) is 30.7 Å².